The number of pyridine rings is 1. The molecule has 0 aliphatic carbocycles. The summed E-state index contributed by atoms with van der Waals surface area (Å²) in [6, 6.07) is 9.70. The number of ketones is 1. The molecule has 0 N–H and O–H groups in total. The molecule has 1 aliphatic rings. The molecule has 0 spiro atoms. The van der Waals surface area contributed by atoms with Gasteiger partial charge in [-0.3, -0.25) is 9.78 Å². The van der Waals surface area contributed by atoms with Crippen LogP contribution in [0.15, 0.2) is 30.3 Å². The molecular formula is C16H17NO2. The van der Waals surface area contributed by atoms with Crippen LogP contribution in [0, 0.1) is 6.92 Å². The van der Waals surface area contributed by atoms with Crippen molar-refractivity contribution in [2.24, 2.45) is 0 Å². The van der Waals surface area contributed by atoms with E-state index >= 15 is 0 Å². The van der Waals surface area contributed by atoms with E-state index in [1.807, 2.05) is 37.3 Å². The smallest absolute Gasteiger partial charge is 0.165 e. The Labute approximate surface area is 112 Å². The molecule has 1 aromatic heterocycles. The largest absolute Gasteiger partial charge is 0.378 e. The summed E-state index contributed by atoms with van der Waals surface area (Å²) in [6.07, 6.45) is 2.67. The molecule has 2 heterocycles. The molecule has 1 aromatic carbocycles. The van der Waals surface area contributed by atoms with Crippen LogP contribution in [-0.4, -0.2) is 23.5 Å². The first-order chi connectivity index (χ1) is 9.22. The number of hydrogen-bond acceptors (Lipinski definition) is 3. The molecule has 98 valence electrons. The molecule has 1 aliphatic heterocycles. The van der Waals surface area contributed by atoms with Gasteiger partial charge in [0.15, 0.2) is 5.78 Å². The van der Waals surface area contributed by atoms with Crippen molar-refractivity contribution in [2.45, 2.75) is 32.3 Å². The Morgan fingerprint density at radius 2 is 2.26 bits per heavy atom. The number of ether oxygens (including phenoxy) is 1. The lowest BCUT2D eigenvalue weighted by Gasteiger charge is -2.08. The molecule has 0 bridgehead atoms. The molecule has 0 radical (unpaired) electrons. The van der Waals surface area contributed by atoms with Crippen LogP contribution >= 0.6 is 0 Å². The number of fused-ring (bicyclic) bond motifs is 1. The highest BCUT2D eigenvalue weighted by molar-refractivity contribution is 5.99. The number of aryl methyl sites for hydroxylation is 1. The van der Waals surface area contributed by atoms with E-state index in [0.29, 0.717) is 6.42 Å². The van der Waals surface area contributed by atoms with Gasteiger partial charge in [0.05, 0.1) is 11.6 Å². The van der Waals surface area contributed by atoms with Gasteiger partial charge in [0.25, 0.3) is 0 Å². The highest BCUT2D eigenvalue weighted by Gasteiger charge is 2.20. The Morgan fingerprint density at radius 3 is 3.05 bits per heavy atom. The zero-order valence-electron chi connectivity index (χ0n) is 11.1. The average Bonchev–Trinajstić information content (AvgIpc) is 2.91. The maximum Gasteiger partial charge on any atom is 0.165 e. The lowest BCUT2D eigenvalue weighted by atomic mass is 10.0. The molecule has 1 saturated heterocycles. The second-order valence-corrected chi connectivity index (χ2v) is 5.12. The topological polar surface area (TPSA) is 39.2 Å². The van der Waals surface area contributed by atoms with Gasteiger partial charge in [0.1, 0.15) is 0 Å². The first-order valence-electron chi connectivity index (χ1n) is 6.74. The quantitative estimate of drug-likeness (QED) is 0.790. The molecule has 0 amide bonds. The molecular weight excluding hydrogens is 238 g/mol. The Kier molecular flexibility index (Phi) is 3.30. The lowest BCUT2D eigenvalue weighted by molar-refractivity contribution is 0.0775. The Bertz CT molecular complexity index is 615. The fourth-order valence-corrected chi connectivity index (χ4v) is 2.53. The number of nitrogens with zero attached hydrogens (tertiary/aromatic N) is 1. The molecule has 1 unspecified atom stereocenters. The highest BCUT2D eigenvalue weighted by Crippen LogP contribution is 2.20. The maximum absolute atomic E-state index is 12.2. The summed E-state index contributed by atoms with van der Waals surface area (Å²) >= 11 is 0. The monoisotopic (exact) mass is 255 g/mol. The molecule has 3 nitrogen and oxygen atoms in total. The minimum Gasteiger partial charge on any atom is -0.378 e. The van der Waals surface area contributed by atoms with E-state index in [4.69, 9.17) is 4.74 Å². The van der Waals surface area contributed by atoms with E-state index in [9.17, 15) is 4.79 Å². The summed E-state index contributed by atoms with van der Waals surface area (Å²) in [4.78, 5) is 16.7. The normalized spacial score (nSPS) is 18.9. The van der Waals surface area contributed by atoms with Crippen LogP contribution in [0.5, 0.6) is 0 Å². The molecule has 3 heteroatoms. The average molecular weight is 255 g/mol. The molecule has 19 heavy (non-hydrogen) atoms. The Hall–Kier alpha value is -1.74. The van der Waals surface area contributed by atoms with Gasteiger partial charge >= 0.3 is 0 Å². The second-order valence-electron chi connectivity index (χ2n) is 5.12. The van der Waals surface area contributed by atoms with E-state index in [1.165, 1.54) is 0 Å². The van der Waals surface area contributed by atoms with Crippen LogP contribution in [0.2, 0.25) is 0 Å². The zero-order chi connectivity index (χ0) is 13.2. The van der Waals surface area contributed by atoms with Crippen LogP contribution < -0.4 is 0 Å². The summed E-state index contributed by atoms with van der Waals surface area (Å²) in [6.45, 7) is 2.76. The lowest BCUT2D eigenvalue weighted by Crippen LogP contribution is -2.12. The van der Waals surface area contributed by atoms with Gasteiger partial charge < -0.3 is 4.74 Å². The number of carbonyl (C=O) groups excluding carboxylic acids is 1. The van der Waals surface area contributed by atoms with Crippen molar-refractivity contribution in [1.82, 2.24) is 4.98 Å². The predicted octanol–water partition coefficient (Wildman–Crippen LogP) is 3.30. The van der Waals surface area contributed by atoms with Gasteiger partial charge in [-0.2, -0.15) is 0 Å². The molecule has 3 rings (SSSR count). The van der Waals surface area contributed by atoms with Crippen molar-refractivity contribution < 1.29 is 9.53 Å². The van der Waals surface area contributed by atoms with Gasteiger partial charge in [-0.1, -0.05) is 6.07 Å². The van der Waals surface area contributed by atoms with Crippen molar-refractivity contribution >= 4 is 16.7 Å². The van der Waals surface area contributed by atoms with Crippen LogP contribution in [-0.2, 0) is 4.74 Å². The summed E-state index contributed by atoms with van der Waals surface area (Å²) in [5, 5.41) is 1.02. The van der Waals surface area contributed by atoms with Gasteiger partial charge in [-0.05, 0) is 44.0 Å². The standard InChI is InChI=1S/C16H17NO2/c1-11-4-5-12-9-13(6-7-15(12)17-11)16(18)10-14-3-2-8-19-14/h4-7,9,14H,2-3,8,10H2,1H3. The summed E-state index contributed by atoms with van der Waals surface area (Å²) in [5.41, 5.74) is 2.69. The number of rotatable bonds is 3. The van der Waals surface area contributed by atoms with Crippen LogP contribution in [0.25, 0.3) is 10.9 Å². The van der Waals surface area contributed by atoms with Crippen LogP contribution in [0.1, 0.15) is 35.3 Å². The van der Waals surface area contributed by atoms with E-state index in [2.05, 4.69) is 4.98 Å². The minimum atomic E-state index is 0.110. The number of benzene rings is 1. The second kappa shape index (κ2) is 5.10. The van der Waals surface area contributed by atoms with Gasteiger partial charge in [-0.25, -0.2) is 0 Å². The van der Waals surface area contributed by atoms with Crippen molar-refractivity contribution in [3.8, 4) is 0 Å². The van der Waals surface area contributed by atoms with E-state index in [1.54, 1.807) is 0 Å². The number of hydrogen-bond donors (Lipinski definition) is 0. The number of Topliss-reactive ketones (excluding diaryl/α,β-unsaturated/α-hetero) is 1. The summed E-state index contributed by atoms with van der Waals surface area (Å²) < 4.78 is 5.52. The third-order valence-corrected chi connectivity index (χ3v) is 3.59. The first kappa shape index (κ1) is 12.3. The SMILES string of the molecule is Cc1ccc2cc(C(=O)CC3CCCO3)ccc2n1. The highest BCUT2D eigenvalue weighted by atomic mass is 16.5. The fraction of sp³-hybridized carbons (Fsp3) is 0.375. The third-order valence-electron chi connectivity index (χ3n) is 3.59. The molecule has 1 fully saturated rings. The molecule has 0 saturated carbocycles. The third kappa shape index (κ3) is 2.66. The van der Waals surface area contributed by atoms with Crippen molar-refractivity contribution in [1.29, 1.82) is 0 Å². The van der Waals surface area contributed by atoms with Crippen LogP contribution in [0.3, 0.4) is 0 Å². The van der Waals surface area contributed by atoms with Crippen molar-refractivity contribution in [3.05, 3.63) is 41.6 Å². The van der Waals surface area contributed by atoms with E-state index in [-0.39, 0.29) is 11.9 Å². The Morgan fingerprint density at radius 1 is 1.37 bits per heavy atom. The van der Waals surface area contributed by atoms with Gasteiger partial charge in [-0.15, -0.1) is 0 Å². The number of aromatic nitrogens is 1. The molecule has 2 aromatic rings. The van der Waals surface area contributed by atoms with Crippen molar-refractivity contribution in [2.75, 3.05) is 6.61 Å². The summed E-state index contributed by atoms with van der Waals surface area (Å²) in [7, 11) is 0. The zero-order valence-corrected chi connectivity index (χ0v) is 11.1. The fourth-order valence-electron chi connectivity index (χ4n) is 2.53. The maximum atomic E-state index is 12.2. The first-order valence-corrected chi connectivity index (χ1v) is 6.74. The predicted molar refractivity (Wildman–Crippen MR) is 74.4 cm³/mol. The summed E-state index contributed by atoms with van der Waals surface area (Å²) in [5.74, 6) is 0.161. The van der Waals surface area contributed by atoms with Gasteiger partial charge in [0, 0.05) is 29.7 Å². The van der Waals surface area contributed by atoms with Crippen molar-refractivity contribution in [3.63, 3.8) is 0 Å². The van der Waals surface area contributed by atoms with E-state index in [0.717, 1.165) is 41.6 Å². The Balaban J connectivity index is 1.83. The minimum absolute atomic E-state index is 0.110. The molecule has 1 atom stereocenters. The van der Waals surface area contributed by atoms with E-state index < -0.39 is 0 Å². The number of carbonyl (C=O) groups is 1. The van der Waals surface area contributed by atoms with Crippen LogP contribution in [0.4, 0.5) is 0 Å². The van der Waals surface area contributed by atoms with Gasteiger partial charge in [0.2, 0.25) is 0 Å².